The normalized spacial score (nSPS) is 14.8. The second-order valence-electron chi connectivity index (χ2n) is 7.38. The number of ether oxygens (including phenoxy) is 2. The van der Waals surface area contributed by atoms with Crippen LogP contribution in [-0.2, 0) is 20.7 Å². The van der Waals surface area contributed by atoms with E-state index in [1.807, 2.05) is 0 Å². The molecule has 1 aliphatic heterocycles. The molecule has 0 bridgehead atoms. The van der Waals surface area contributed by atoms with E-state index in [1.165, 1.54) is 13.2 Å². The Morgan fingerprint density at radius 3 is 2.62 bits per heavy atom. The largest absolute Gasteiger partial charge is 0.482 e. The van der Waals surface area contributed by atoms with E-state index in [9.17, 15) is 14.4 Å². The maximum absolute atomic E-state index is 12.4. The lowest BCUT2D eigenvalue weighted by molar-refractivity contribution is -0.139. The van der Waals surface area contributed by atoms with E-state index in [0.717, 1.165) is 25.9 Å². The van der Waals surface area contributed by atoms with Gasteiger partial charge in [0, 0.05) is 24.5 Å². The number of amides is 1. The van der Waals surface area contributed by atoms with Gasteiger partial charge in [0.15, 0.2) is 6.61 Å². The molecule has 156 valence electrons. The topological polar surface area (TPSA) is 86.1 Å². The van der Waals surface area contributed by atoms with Gasteiger partial charge < -0.3 is 18.8 Å². The fourth-order valence-corrected chi connectivity index (χ4v) is 3.63. The Balaban J connectivity index is 1.80. The van der Waals surface area contributed by atoms with Crippen LogP contribution in [0.3, 0.4) is 0 Å². The summed E-state index contributed by atoms with van der Waals surface area (Å²) >= 11 is 6.33. The molecule has 1 aromatic carbocycles. The number of methoxy groups -OCH3 is 1. The quantitative estimate of drug-likeness (QED) is 0.544. The van der Waals surface area contributed by atoms with Crippen molar-refractivity contribution in [1.82, 2.24) is 4.90 Å². The number of fused-ring (bicyclic) bond motifs is 1. The summed E-state index contributed by atoms with van der Waals surface area (Å²) in [6, 6.07) is 3.11. The summed E-state index contributed by atoms with van der Waals surface area (Å²) in [5.41, 5.74) is 0.476. The van der Waals surface area contributed by atoms with Crippen molar-refractivity contribution in [3.8, 4) is 5.75 Å². The van der Waals surface area contributed by atoms with E-state index in [4.69, 9.17) is 20.8 Å². The van der Waals surface area contributed by atoms with Crippen molar-refractivity contribution in [1.29, 1.82) is 0 Å². The lowest BCUT2D eigenvalue weighted by atomic mass is 9.99. The molecule has 0 radical (unpaired) electrons. The third-order valence-corrected chi connectivity index (χ3v) is 5.67. The van der Waals surface area contributed by atoms with Gasteiger partial charge in [-0.05, 0) is 37.3 Å². The van der Waals surface area contributed by atoms with Crippen molar-refractivity contribution in [2.75, 3.05) is 26.8 Å². The van der Waals surface area contributed by atoms with Gasteiger partial charge in [0.25, 0.3) is 5.91 Å². The maximum Gasteiger partial charge on any atom is 0.340 e. The van der Waals surface area contributed by atoms with Crippen LogP contribution in [0.5, 0.6) is 5.75 Å². The summed E-state index contributed by atoms with van der Waals surface area (Å²) in [6.07, 6.45) is 1.79. The van der Waals surface area contributed by atoms with Crippen LogP contribution >= 0.6 is 11.6 Å². The Labute approximate surface area is 173 Å². The first-order valence-electron chi connectivity index (χ1n) is 9.53. The molecular weight excluding hydrogens is 398 g/mol. The number of carbonyl (C=O) groups is 2. The highest BCUT2D eigenvalue weighted by molar-refractivity contribution is 6.32. The standard InChI is InChI=1S/C21H24ClNO6/c1-12-4-6-23(7-5-12)19(24)11-28-18-10-17-14(8-16(18)22)13(2)15(21(26)29-17)9-20(25)27-3/h8,10,12H,4-7,9,11H2,1-3H3. The Bertz CT molecular complexity index is 991. The Kier molecular flexibility index (Phi) is 6.47. The molecule has 0 aliphatic carbocycles. The molecule has 1 saturated heterocycles. The van der Waals surface area contributed by atoms with E-state index in [-0.39, 0.29) is 35.8 Å². The predicted octanol–water partition coefficient (Wildman–Crippen LogP) is 3.11. The summed E-state index contributed by atoms with van der Waals surface area (Å²) < 4.78 is 15.6. The number of likely N-dealkylation sites (tertiary alicyclic amines) is 1. The number of aryl methyl sites for hydroxylation is 1. The second kappa shape index (κ2) is 8.86. The summed E-state index contributed by atoms with van der Waals surface area (Å²) in [5, 5.41) is 0.885. The van der Waals surface area contributed by atoms with Gasteiger partial charge in [0.1, 0.15) is 11.3 Å². The minimum absolute atomic E-state index is 0.0980. The van der Waals surface area contributed by atoms with Crippen LogP contribution < -0.4 is 10.4 Å². The molecule has 0 atom stereocenters. The van der Waals surface area contributed by atoms with Crippen LogP contribution in [0.25, 0.3) is 11.0 Å². The lowest BCUT2D eigenvalue weighted by Gasteiger charge is -2.30. The minimum atomic E-state index is -0.618. The Morgan fingerprint density at radius 1 is 1.28 bits per heavy atom. The van der Waals surface area contributed by atoms with Gasteiger partial charge in [-0.15, -0.1) is 0 Å². The highest BCUT2D eigenvalue weighted by atomic mass is 35.5. The molecule has 3 rings (SSSR count). The molecule has 2 aromatic rings. The number of esters is 1. The molecular formula is C21H24ClNO6. The monoisotopic (exact) mass is 421 g/mol. The third kappa shape index (κ3) is 4.72. The number of benzene rings is 1. The first kappa shape index (κ1) is 21.2. The SMILES string of the molecule is COC(=O)Cc1c(C)c2cc(Cl)c(OCC(=O)N3CCC(C)CC3)cc2oc1=O. The number of hydrogen-bond donors (Lipinski definition) is 0. The van der Waals surface area contributed by atoms with Crippen LogP contribution in [0.2, 0.25) is 5.02 Å². The molecule has 1 amide bonds. The molecule has 2 heterocycles. The van der Waals surface area contributed by atoms with Crippen LogP contribution in [0, 0.1) is 12.8 Å². The molecule has 0 unspecified atom stereocenters. The molecule has 7 nitrogen and oxygen atoms in total. The number of rotatable bonds is 5. The molecule has 0 saturated carbocycles. The van der Waals surface area contributed by atoms with E-state index in [1.54, 1.807) is 17.9 Å². The van der Waals surface area contributed by atoms with Crippen LogP contribution in [0.15, 0.2) is 21.3 Å². The molecule has 8 heteroatoms. The Morgan fingerprint density at radius 2 is 1.97 bits per heavy atom. The second-order valence-corrected chi connectivity index (χ2v) is 7.78. The van der Waals surface area contributed by atoms with Crippen LogP contribution in [-0.4, -0.2) is 43.6 Å². The number of carbonyl (C=O) groups excluding carboxylic acids is 2. The zero-order valence-electron chi connectivity index (χ0n) is 16.7. The smallest absolute Gasteiger partial charge is 0.340 e. The molecule has 1 fully saturated rings. The van der Waals surface area contributed by atoms with Gasteiger partial charge in [-0.2, -0.15) is 0 Å². The van der Waals surface area contributed by atoms with E-state index in [0.29, 0.717) is 21.9 Å². The number of hydrogen-bond acceptors (Lipinski definition) is 6. The molecule has 29 heavy (non-hydrogen) atoms. The van der Waals surface area contributed by atoms with Gasteiger partial charge in [-0.3, -0.25) is 9.59 Å². The Hall–Kier alpha value is -2.54. The van der Waals surface area contributed by atoms with Crippen molar-refractivity contribution in [3.63, 3.8) is 0 Å². The van der Waals surface area contributed by atoms with Crippen LogP contribution in [0.4, 0.5) is 0 Å². The summed E-state index contributed by atoms with van der Waals surface area (Å²) in [6.45, 7) is 5.22. The van der Waals surface area contributed by atoms with Crippen molar-refractivity contribution >= 4 is 34.4 Å². The van der Waals surface area contributed by atoms with E-state index in [2.05, 4.69) is 11.7 Å². The van der Waals surface area contributed by atoms with Gasteiger partial charge in [-0.1, -0.05) is 18.5 Å². The minimum Gasteiger partial charge on any atom is -0.482 e. The average molecular weight is 422 g/mol. The highest BCUT2D eigenvalue weighted by Gasteiger charge is 2.21. The first-order valence-corrected chi connectivity index (χ1v) is 9.91. The highest BCUT2D eigenvalue weighted by Crippen LogP contribution is 2.32. The van der Waals surface area contributed by atoms with Crippen molar-refractivity contribution in [3.05, 3.63) is 38.7 Å². The van der Waals surface area contributed by atoms with E-state index >= 15 is 0 Å². The van der Waals surface area contributed by atoms with Crippen molar-refractivity contribution in [2.45, 2.75) is 33.1 Å². The van der Waals surface area contributed by atoms with Gasteiger partial charge >= 0.3 is 11.6 Å². The number of piperidine rings is 1. The fourth-order valence-electron chi connectivity index (χ4n) is 3.41. The van der Waals surface area contributed by atoms with Gasteiger partial charge in [0.2, 0.25) is 0 Å². The molecule has 1 aliphatic rings. The van der Waals surface area contributed by atoms with Crippen molar-refractivity contribution in [2.24, 2.45) is 5.92 Å². The average Bonchev–Trinajstić information content (AvgIpc) is 2.70. The molecule has 0 spiro atoms. The first-order chi connectivity index (χ1) is 13.8. The summed E-state index contributed by atoms with van der Waals surface area (Å²) in [4.78, 5) is 38.0. The molecule has 1 aromatic heterocycles. The van der Waals surface area contributed by atoms with Crippen LogP contribution in [0.1, 0.15) is 30.9 Å². The molecule has 0 N–H and O–H groups in total. The van der Waals surface area contributed by atoms with Gasteiger partial charge in [-0.25, -0.2) is 4.79 Å². The van der Waals surface area contributed by atoms with E-state index < -0.39 is 11.6 Å². The zero-order valence-corrected chi connectivity index (χ0v) is 17.5. The summed E-state index contributed by atoms with van der Waals surface area (Å²) in [7, 11) is 1.26. The van der Waals surface area contributed by atoms with Gasteiger partial charge in [0.05, 0.1) is 24.1 Å². The number of nitrogens with zero attached hydrogens (tertiary/aromatic N) is 1. The van der Waals surface area contributed by atoms with Crippen molar-refractivity contribution < 1.29 is 23.5 Å². The maximum atomic E-state index is 12.4. The number of halogens is 1. The lowest BCUT2D eigenvalue weighted by Crippen LogP contribution is -2.40. The third-order valence-electron chi connectivity index (χ3n) is 5.38. The summed E-state index contributed by atoms with van der Waals surface area (Å²) in [5.74, 6) is 0.266. The fraction of sp³-hybridized carbons (Fsp3) is 0.476. The predicted molar refractivity (Wildman–Crippen MR) is 108 cm³/mol. The zero-order chi connectivity index (χ0) is 21.1.